The Morgan fingerprint density at radius 3 is 2.31 bits per heavy atom. The first kappa shape index (κ1) is 30.0. The van der Waals surface area contributed by atoms with Gasteiger partial charge >= 0.3 is 11.7 Å². The third-order valence-corrected chi connectivity index (χ3v) is 9.62. The van der Waals surface area contributed by atoms with Crippen molar-refractivity contribution in [2.45, 2.75) is 49.8 Å². The van der Waals surface area contributed by atoms with E-state index >= 15 is 0 Å². The number of nitro groups is 1. The second-order valence-corrected chi connectivity index (χ2v) is 12.9. The molecular weight excluding hydrogens is 602 g/mol. The van der Waals surface area contributed by atoms with Crippen molar-refractivity contribution in [2.75, 3.05) is 30.4 Å². The van der Waals surface area contributed by atoms with Crippen LogP contribution in [0.1, 0.15) is 40.7 Å². The first-order chi connectivity index (χ1) is 21.6. The highest BCUT2D eigenvalue weighted by Crippen LogP contribution is 2.38. The fourth-order valence-corrected chi connectivity index (χ4v) is 7.03. The monoisotopic (exact) mass is 633 g/mol. The van der Waals surface area contributed by atoms with Gasteiger partial charge in [0.2, 0.25) is 11.4 Å². The molecular formula is C30H31N7O7S. The Balaban J connectivity index is 1.01. The molecule has 0 aliphatic heterocycles. The van der Waals surface area contributed by atoms with Crippen LogP contribution in [0.15, 0.2) is 52.0 Å². The van der Waals surface area contributed by atoms with Crippen LogP contribution in [0.2, 0.25) is 0 Å². The average Bonchev–Trinajstić information content (AvgIpc) is 3.77. The van der Waals surface area contributed by atoms with E-state index in [1.165, 1.54) is 35.4 Å². The summed E-state index contributed by atoms with van der Waals surface area (Å²) in [5.74, 6) is -0.301. The predicted octanol–water partition coefficient (Wildman–Crippen LogP) is 3.41. The number of fused-ring (bicyclic) bond motifs is 3. The van der Waals surface area contributed by atoms with E-state index in [0.717, 1.165) is 60.9 Å². The third kappa shape index (κ3) is 6.16. The number of rotatable bonds is 10. The Labute approximate surface area is 258 Å². The number of anilines is 2. The number of carbonyl (C=O) groups excluding carboxylic acids is 2. The van der Waals surface area contributed by atoms with E-state index in [9.17, 15) is 28.1 Å². The summed E-state index contributed by atoms with van der Waals surface area (Å²) in [6.45, 7) is 0.228. The van der Waals surface area contributed by atoms with E-state index in [1.807, 2.05) is 0 Å². The van der Waals surface area contributed by atoms with Gasteiger partial charge in [0.15, 0.2) is 5.52 Å². The normalized spacial score (nSPS) is 13.7. The Morgan fingerprint density at radius 2 is 1.64 bits per heavy atom. The average molecular weight is 634 g/mol. The van der Waals surface area contributed by atoms with Crippen molar-refractivity contribution in [3.8, 4) is 0 Å². The van der Waals surface area contributed by atoms with Gasteiger partial charge in [-0.15, -0.1) is 0 Å². The third-order valence-electron chi connectivity index (χ3n) is 8.27. The SMILES string of the molecule is CN(CC(=O)NCCc1ccc(S(=O)(=O)NC(=O)Nc2c3c(cc4c2CCC4)CCC3)cc1)c1ccc([N+](=O)[O-])c2nonc12. The molecule has 15 heteroatoms. The minimum atomic E-state index is -4.11. The van der Waals surface area contributed by atoms with Gasteiger partial charge in [0.05, 0.1) is 22.1 Å². The smallest absolute Gasteiger partial charge is 0.333 e. The summed E-state index contributed by atoms with van der Waals surface area (Å²) >= 11 is 0. The molecule has 2 aliphatic rings. The molecule has 234 valence electrons. The molecule has 0 saturated carbocycles. The van der Waals surface area contributed by atoms with Gasteiger partial charge < -0.3 is 15.5 Å². The number of aryl methyl sites for hydroxylation is 2. The summed E-state index contributed by atoms with van der Waals surface area (Å²) in [6.07, 6.45) is 6.15. The molecule has 4 aromatic rings. The van der Waals surface area contributed by atoms with Gasteiger partial charge in [-0.25, -0.2) is 22.6 Å². The van der Waals surface area contributed by atoms with E-state index < -0.39 is 21.0 Å². The first-order valence-electron chi connectivity index (χ1n) is 14.6. The molecule has 1 aromatic heterocycles. The number of hydrogen-bond acceptors (Lipinski definition) is 10. The molecule has 6 rings (SSSR count). The van der Waals surface area contributed by atoms with Gasteiger partial charge in [0, 0.05) is 25.3 Å². The van der Waals surface area contributed by atoms with Crippen molar-refractivity contribution in [1.29, 1.82) is 0 Å². The Hall–Kier alpha value is -5.05. The molecule has 0 atom stereocenters. The number of non-ortho nitro benzene ring substituents is 1. The molecule has 14 nitrogen and oxygen atoms in total. The van der Waals surface area contributed by atoms with E-state index in [0.29, 0.717) is 12.1 Å². The van der Waals surface area contributed by atoms with Crippen LogP contribution in [0, 0.1) is 10.1 Å². The molecule has 2 aliphatic carbocycles. The lowest BCUT2D eigenvalue weighted by atomic mass is 9.99. The van der Waals surface area contributed by atoms with E-state index in [-0.39, 0.29) is 40.6 Å². The summed E-state index contributed by atoms with van der Waals surface area (Å²) in [7, 11) is -2.47. The number of hydrogen-bond donors (Lipinski definition) is 3. The summed E-state index contributed by atoms with van der Waals surface area (Å²) in [6, 6.07) is 10.3. The topological polar surface area (TPSA) is 190 Å². The van der Waals surface area contributed by atoms with Crippen LogP contribution in [-0.4, -0.2) is 55.7 Å². The van der Waals surface area contributed by atoms with Crippen molar-refractivity contribution in [1.82, 2.24) is 20.4 Å². The number of amides is 3. The Kier molecular flexibility index (Phi) is 8.10. The van der Waals surface area contributed by atoms with Gasteiger partial charge in [-0.05, 0) is 101 Å². The van der Waals surface area contributed by atoms with Crippen LogP contribution >= 0.6 is 0 Å². The molecule has 0 saturated heterocycles. The van der Waals surface area contributed by atoms with Crippen molar-refractivity contribution in [2.24, 2.45) is 0 Å². The van der Waals surface area contributed by atoms with Crippen LogP contribution in [-0.2, 0) is 46.9 Å². The maximum absolute atomic E-state index is 13.0. The minimum absolute atomic E-state index is 0.00595. The van der Waals surface area contributed by atoms with Crippen molar-refractivity contribution >= 4 is 50.1 Å². The van der Waals surface area contributed by atoms with Crippen LogP contribution in [0.4, 0.5) is 21.9 Å². The highest BCUT2D eigenvalue weighted by atomic mass is 32.2. The van der Waals surface area contributed by atoms with Crippen LogP contribution < -0.4 is 20.3 Å². The second kappa shape index (κ2) is 12.1. The lowest BCUT2D eigenvalue weighted by Gasteiger charge is -2.18. The largest absolute Gasteiger partial charge is 0.363 e. The minimum Gasteiger partial charge on any atom is -0.363 e. The maximum Gasteiger partial charge on any atom is 0.333 e. The zero-order valence-electron chi connectivity index (χ0n) is 24.5. The highest BCUT2D eigenvalue weighted by Gasteiger charge is 2.27. The molecule has 0 radical (unpaired) electrons. The number of likely N-dealkylation sites (N-methyl/N-ethyl adjacent to an activating group) is 1. The number of carbonyl (C=O) groups is 2. The van der Waals surface area contributed by atoms with Gasteiger partial charge in [-0.2, -0.15) is 0 Å². The van der Waals surface area contributed by atoms with Crippen molar-refractivity contribution < 1.29 is 27.6 Å². The molecule has 0 unspecified atom stereocenters. The number of sulfonamides is 1. The number of nitro benzene ring substituents is 1. The number of aromatic nitrogens is 2. The summed E-state index contributed by atoms with van der Waals surface area (Å²) in [5, 5.41) is 24.2. The molecule has 1 heterocycles. The summed E-state index contributed by atoms with van der Waals surface area (Å²) in [5.41, 5.74) is 6.63. The van der Waals surface area contributed by atoms with Gasteiger partial charge in [-0.1, -0.05) is 18.2 Å². The predicted molar refractivity (Wildman–Crippen MR) is 165 cm³/mol. The standard InChI is InChI=1S/C30H31N7O7S/c1-36(24-12-13-25(37(40)41)29-28(24)33-44-34-29)17-26(38)31-15-14-18-8-10-21(11-9-18)45(42,43)35-30(39)32-27-22-6-2-4-19(22)16-20-5-3-7-23(20)27/h8-13,16H,2-7,14-15,17H2,1H3,(H,31,38)(H2,32,35,39). The second-order valence-electron chi connectivity index (χ2n) is 11.2. The first-order valence-corrected chi connectivity index (χ1v) is 16.1. The molecule has 0 fully saturated rings. The molecule has 0 spiro atoms. The van der Waals surface area contributed by atoms with E-state index in [2.05, 4.69) is 36.4 Å². The van der Waals surface area contributed by atoms with Crippen molar-refractivity contribution in [3.63, 3.8) is 0 Å². The molecule has 3 amide bonds. The molecule has 3 N–H and O–H groups in total. The molecule has 45 heavy (non-hydrogen) atoms. The fraction of sp³-hybridized carbons (Fsp3) is 0.333. The molecule has 0 bridgehead atoms. The zero-order valence-corrected chi connectivity index (χ0v) is 25.3. The maximum atomic E-state index is 13.0. The summed E-state index contributed by atoms with van der Waals surface area (Å²) in [4.78, 5) is 37.6. The Morgan fingerprint density at radius 1 is 0.978 bits per heavy atom. The van der Waals surface area contributed by atoms with Gasteiger partial charge in [-0.3, -0.25) is 14.9 Å². The molecule has 3 aromatic carbocycles. The zero-order chi connectivity index (χ0) is 31.7. The van der Waals surface area contributed by atoms with Crippen LogP contribution in [0.5, 0.6) is 0 Å². The Bertz CT molecular complexity index is 1890. The van der Waals surface area contributed by atoms with E-state index in [4.69, 9.17) is 0 Å². The number of urea groups is 1. The summed E-state index contributed by atoms with van der Waals surface area (Å²) < 4.78 is 32.8. The number of nitrogens with one attached hydrogen (secondary N) is 3. The fourth-order valence-electron chi connectivity index (χ4n) is 6.12. The van der Waals surface area contributed by atoms with Gasteiger partial charge in [0.25, 0.3) is 10.0 Å². The lowest BCUT2D eigenvalue weighted by molar-refractivity contribution is -0.383. The highest BCUT2D eigenvalue weighted by molar-refractivity contribution is 7.90. The lowest BCUT2D eigenvalue weighted by Crippen LogP contribution is -2.36. The van der Waals surface area contributed by atoms with Crippen LogP contribution in [0.3, 0.4) is 0 Å². The van der Waals surface area contributed by atoms with E-state index in [1.54, 1.807) is 24.1 Å². The van der Waals surface area contributed by atoms with Crippen LogP contribution in [0.25, 0.3) is 11.0 Å². The van der Waals surface area contributed by atoms with Gasteiger partial charge in [0.1, 0.15) is 0 Å². The number of benzene rings is 3. The quantitative estimate of drug-likeness (QED) is 0.172. The number of nitrogens with zero attached hydrogens (tertiary/aromatic N) is 4. The van der Waals surface area contributed by atoms with Crippen molar-refractivity contribution in [3.05, 3.63) is 80.4 Å².